The smallest absolute Gasteiger partial charge is 0.213 e. The molecule has 0 fully saturated rings. The van der Waals surface area contributed by atoms with Crippen LogP contribution < -0.4 is 0 Å². The van der Waals surface area contributed by atoms with Gasteiger partial charge < -0.3 is 4.74 Å². The lowest BCUT2D eigenvalue weighted by molar-refractivity contribution is 0.0318. The molecule has 0 N–H and O–H groups in total. The van der Waals surface area contributed by atoms with Crippen molar-refractivity contribution in [2.24, 2.45) is 0 Å². The first-order valence-electron chi connectivity index (χ1n) is 4.91. The van der Waals surface area contributed by atoms with E-state index in [2.05, 4.69) is 26.3 Å². The van der Waals surface area contributed by atoms with Crippen LogP contribution in [0.5, 0.6) is 0 Å². The molecule has 0 unspecified atom stereocenters. The van der Waals surface area contributed by atoms with Gasteiger partial charge in [-0.2, -0.15) is 16.8 Å². The summed E-state index contributed by atoms with van der Waals surface area (Å²) in [5, 5.41) is 1.58. The van der Waals surface area contributed by atoms with Gasteiger partial charge in [0.1, 0.15) is 11.2 Å². The second-order valence-corrected chi connectivity index (χ2v) is 4.90. The molecule has 0 aliphatic rings. The molecule has 0 atom stereocenters. The molecule has 0 bridgehead atoms. The highest BCUT2D eigenvalue weighted by atomic mass is 32.2. The predicted molar refractivity (Wildman–Crippen MR) is 77.3 cm³/mol. The minimum atomic E-state index is -2.57. The van der Waals surface area contributed by atoms with E-state index in [-0.39, 0.29) is 0 Å². The van der Waals surface area contributed by atoms with E-state index in [0.717, 1.165) is 10.7 Å². The SMILES string of the molecule is C=CC(C=C)(C=S(=O)=O)OC(C=C)(C=C)C=S(=O)=O. The zero-order chi connectivity index (χ0) is 15.1. The number of hydrogen-bond acceptors (Lipinski definition) is 5. The van der Waals surface area contributed by atoms with Crippen molar-refractivity contribution in [3.8, 4) is 0 Å². The van der Waals surface area contributed by atoms with Crippen molar-refractivity contribution in [2.45, 2.75) is 11.2 Å². The Hall–Kier alpha value is -1.70. The first-order chi connectivity index (χ1) is 8.78. The molecule has 0 spiro atoms. The van der Waals surface area contributed by atoms with Crippen LogP contribution in [0.4, 0.5) is 0 Å². The van der Waals surface area contributed by atoms with Gasteiger partial charge in [0.15, 0.2) is 0 Å². The van der Waals surface area contributed by atoms with Crippen LogP contribution >= 0.6 is 0 Å². The molecule has 0 amide bonds. The quantitative estimate of drug-likeness (QED) is 0.484. The van der Waals surface area contributed by atoms with Gasteiger partial charge >= 0.3 is 0 Å². The van der Waals surface area contributed by atoms with Crippen LogP contribution in [0.3, 0.4) is 0 Å². The molecule has 0 aromatic heterocycles. The molecule has 0 saturated carbocycles. The normalized spacial score (nSPS) is 10.9. The highest BCUT2D eigenvalue weighted by Crippen LogP contribution is 2.23. The Morgan fingerprint density at radius 1 is 0.684 bits per heavy atom. The van der Waals surface area contributed by atoms with Crippen molar-refractivity contribution in [1.29, 1.82) is 0 Å². The van der Waals surface area contributed by atoms with Crippen LogP contribution in [0.25, 0.3) is 0 Å². The van der Waals surface area contributed by atoms with Crippen molar-refractivity contribution in [3.63, 3.8) is 0 Å². The van der Waals surface area contributed by atoms with Crippen LogP contribution in [0.2, 0.25) is 0 Å². The lowest BCUT2D eigenvalue weighted by Gasteiger charge is -2.32. The van der Waals surface area contributed by atoms with Gasteiger partial charge in [0.2, 0.25) is 20.6 Å². The molecule has 0 rings (SSSR count). The van der Waals surface area contributed by atoms with Gasteiger partial charge in [0.25, 0.3) is 0 Å². The number of rotatable bonds is 8. The number of hydrogen-bond donors (Lipinski definition) is 0. The third-order valence-electron chi connectivity index (χ3n) is 2.19. The summed E-state index contributed by atoms with van der Waals surface area (Å²) < 4.78 is 48.7. The third kappa shape index (κ3) is 4.82. The summed E-state index contributed by atoms with van der Waals surface area (Å²) >= 11 is 0. The average Bonchev–Trinajstić information content (AvgIpc) is 2.35. The maximum atomic E-state index is 10.8. The van der Waals surface area contributed by atoms with Crippen molar-refractivity contribution in [2.75, 3.05) is 0 Å². The molecule has 19 heavy (non-hydrogen) atoms. The van der Waals surface area contributed by atoms with Crippen molar-refractivity contribution >= 4 is 31.3 Å². The zero-order valence-corrected chi connectivity index (χ0v) is 11.8. The lowest BCUT2D eigenvalue weighted by atomic mass is 10.0. The Morgan fingerprint density at radius 3 is 1.11 bits per heavy atom. The van der Waals surface area contributed by atoms with Crippen molar-refractivity contribution < 1.29 is 21.6 Å². The molecule has 7 heteroatoms. The van der Waals surface area contributed by atoms with E-state index < -0.39 is 31.8 Å². The Kier molecular flexibility index (Phi) is 6.40. The molecule has 104 valence electrons. The molecular formula is C12H14O5S2. The summed E-state index contributed by atoms with van der Waals surface area (Å²) in [6.45, 7) is 13.8. The van der Waals surface area contributed by atoms with Gasteiger partial charge in [-0.05, 0) is 0 Å². The molecule has 0 aromatic carbocycles. The lowest BCUT2D eigenvalue weighted by Crippen LogP contribution is -2.42. The van der Waals surface area contributed by atoms with Crippen LogP contribution in [-0.4, -0.2) is 38.8 Å². The molecule has 0 radical (unpaired) electrons. The fraction of sp³-hybridized carbons (Fsp3) is 0.167. The van der Waals surface area contributed by atoms with Gasteiger partial charge in [-0.3, -0.25) is 0 Å². The highest BCUT2D eigenvalue weighted by molar-refractivity contribution is 7.71. The van der Waals surface area contributed by atoms with E-state index in [1.54, 1.807) is 0 Å². The molecule has 0 heterocycles. The second kappa shape index (κ2) is 7.03. The van der Waals surface area contributed by atoms with Crippen LogP contribution in [0.15, 0.2) is 50.6 Å². The molecule has 5 nitrogen and oxygen atoms in total. The third-order valence-corrected chi connectivity index (χ3v) is 3.31. The Bertz CT molecular complexity index is 560. The van der Waals surface area contributed by atoms with Crippen LogP contribution in [0.1, 0.15) is 0 Å². The standard InChI is InChI=1S/C12H14O5S2/c1-5-11(6-2,9-18(13)14)17-12(7-3,8-4)10-19(15)16/h5-10H,1-4H2. The monoisotopic (exact) mass is 302 g/mol. The highest BCUT2D eigenvalue weighted by Gasteiger charge is 2.33. The topological polar surface area (TPSA) is 77.5 Å². The van der Waals surface area contributed by atoms with Crippen LogP contribution in [-0.2, 0) is 25.3 Å². The van der Waals surface area contributed by atoms with Crippen LogP contribution in [0, 0.1) is 0 Å². The summed E-state index contributed by atoms with van der Waals surface area (Å²) in [5.41, 5.74) is -3.16. The second-order valence-electron chi connectivity index (χ2n) is 3.38. The zero-order valence-electron chi connectivity index (χ0n) is 10.2. The first-order valence-corrected chi connectivity index (χ1v) is 7.19. The summed E-state index contributed by atoms with van der Waals surface area (Å²) in [5.74, 6) is 0. The molecular weight excluding hydrogens is 288 g/mol. The molecule has 0 aliphatic heterocycles. The number of ether oxygens (including phenoxy) is 1. The Labute approximate surface area is 115 Å². The summed E-state index contributed by atoms with van der Waals surface area (Å²) in [7, 11) is -5.13. The van der Waals surface area contributed by atoms with Crippen molar-refractivity contribution in [1.82, 2.24) is 0 Å². The Morgan fingerprint density at radius 2 is 0.947 bits per heavy atom. The molecule has 0 aliphatic carbocycles. The molecule has 0 aromatic rings. The average molecular weight is 302 g/mol. The van der Waals surface area contributed by atoms with Gasteiger partial charge in [-0.15, -0.1) is 0 Å². The van der Waals surface area contributed by atoms with E-state index in [1.807, 2.05) is 0 Å². The Balaban J connectivity index is 6.05. The van der Waals surface area contributed by atoms with Gasteiger partial charge in [-0.1, -0.05) is 50.6 Å². The van der Waals surface area contributed by atoms with E-state index >= 15 is 0 Å². The van der Waals surface area contributed by atoms with E-state index in [1.165, 1.54) is 24.3 Å². The summed E-state index contributed by atoms with van der Waals surface area (Å²) in [4.78, 5) is 0. The molecule has 0 saturated heterocycles. The van der Waals surface area contributed by atoms with Crippen molar-refractivity contribution in [3.05, 3.63) is 50.6 Å². The fourth-order valence-corrected chi connectivity index (χ4v) is 2.26. The maximum absolute atomic E-state index is 10.8. The van der Waals surface area contributed by atoms with E-state index in [9.17, 15) is 16.8 Å². The van der Waals surface area contributed by atoms with Gasteiger partial charge in [0.05, 0.1) is 10.7 Å². The van der Waals surface area contributed by atoms with E-state index in [0.29, 0.717) is 0 Å². The van der Waals surface area contributed by atoms with Gasteiger partial charge in [-0.25, -0.2) is 0 Å². The largest absolute Gasteiger partial charge is 0.342 e. The predicted octanol–water partition coefficient (Wildman–Crippen LogP) is 0.587. The van der Waals surface area contributed by atoms with Gasteiger partial charge in [0, 0.05) is 0 Å². The van der Waals surface area contributed by atoms with E-state index in [4.69, 9.17) is 4.74 Å². The minimum absolute atomic E-state index is 0.788. The fourth-order valence-electron chi connectivity index (χ4n) is 1.18. The maximum Gasteiger partial charge on any atom is 0.213 e. The summed E-state index contributed by atoms with van der Waals surface area (Å²) in [6, 6.07) is 0. The minimum Gasteiger partial charge on any atom is -0.342 e. The summed E-state index contributed by atoms with van der Waals surface area (Å²) in [6.07, 6.45) is 4.66. The first kappa shape index (κ1) is 17.3.